The molecule has 2 rings (SSSR count). The van der Waals surface area contributed by atoms with Crippen molar-refractivity contribution in [1.29, 1.82) is 0 Å². The van der Waals surface area contributed by atoms with Crippen LogP contribution in [0, 0.1) is 0 Å². The maximum absolute atomic E-state index is 12.1. The molecule has 154 valence electrons. The van der Waals surface area contributed by atoms with Crippen LogP contribution < -0.4 is 25.0 Å². The van der Waals surface area contributed by atoms with E-state index in [1.165, 1.54) is 0 Å². The molecule has 0 unspecified atom stereocenters. The second-order valence-electron chi connectivity index (χ2n) is 6.03. The summed E-state index contributed by atoms with van der Waals surface area (Å²) in [5, 5.41) is 6.68. The van der Waals surface area contributed by atoms with Crippen LogP contribution in [0.25, 0.3) is 0 Å². The maximum atomic E-state index is 12.1. The van der Waals surface area contributed by atoms with Gasteiger partial charge in [-0.2, -0.15) is 5.10 Å². The predicted octanol–water partition coefficient (Wildman–Crippen LogP) is 2.99. The zero-order chi connectivity index (χ0) is 21.1. The molecule has 0 radical (unpaired) electrons. The fraction of sp³-hybridized carbons (Fsp3) is 0.286. The lowest BCUT2D eigenvalue weighted by molar-refractivity contribution is -0.123. The first kappa shape index (κ1) is 21.7. The Morgan fingerprint density at radius 1 is 0.897 bits per heavy atom. The monoisotopic (exact) mass is 399 g/mol. The summed E-state index contributed by atoms with van der Waals surface area (Å²) in [5.74, 6) is 1.32. The Morgan fingerprint density at radius 2 is 1.48 bits per heavy atom. The number of nitrogens with zero attached hydrogens (tertiary/aromatic N) is 1. The van der Waals surface area contributed by atoms with Gasteiger partial charge in [-0.1, -0.05) is 0 Å². The van der Waals surface area contributed by atoms with Crippen LogP contribution in [-0.2, 0) is 9.59 Å². The summed E-state index contributed by atoms with van der Waals surface area (Å²) in [6.07, 6.45) is 0.0484. The molecule has 0 spiro atoms. The van der Waals surface area contributed by atoms with Crippen molar-refractivity contribution in [2.45, 2.75) is 20.3 Å². The van der Waals surface area contributed by atoms with Crippen LogP contribution >= 0.6 is 0 Å². The van der Waals surface area contributed by atoms with Crippen molar-refractivity contribution in [2.24, 2.45) is 5.10 Å². The van der Waals surface area contributed by atoms with Crippen LogP contribution in [0.3, 0.4) is 0 Å². The molecule has 29 heavy (non-hydrogen) atoms. The van der Waals surface area contributed by atoms with Gasteiger partial charge >= 0.3 is 0 Å². The summed E-state index contributed by atoms with van der Waals surface area (Å²) in [6, 6.07) is 13.9. The lowest BCUT2D eigenvalue weighted by atomic mass is 10.2. The summed E-state index contributed by atoms with van der Waals surface area (Å²) in [6.45, 7) is 3.95. The van der Waals surface area contributed by atoms with E-state index in [2.05, 4.69) is 15.8 Å². The first-order valence-electron chi connectivity index (χ1n) is 9.11. The number of anilines is 1. The second kappa shape index (κ2) is 11.3. The van der Waals surface area contributed by atoms with Crippen LogP contribution in [0.4, 0.5) is 5.69 Å². The van der Waals surface area contributed by atoms with Crippen molar-refractivity contribution in [3.05, 3.63) is 48.5 Å². The summed E-state index contributed by atoms with van der Waals surface area (Å²) < 4.78 is 15.8. The molecule has 0 aliphatic rings. The molecule has 0 aliphatic carbocycles. The van der Waals surface area contributed by atoms with Crippen molar-refractivity contribution in [1.82, 2.24) is 5.43 Å². The molecule has 0 saturated carbocycles. The third-order valence-corrected chi connectivity index (χ3v) is 3.67. The van der Waals surface area contributed by atoms with E-state index < -0.39 is 5.91 Å². The summed E-state index contributed by atoms with van der Waals surface area (Å²) >= 11 is 0. The highest BCUT2D eigenvalue weighted by Gasteiger charge is 2.07. The Hall–Kier alpha value is -3.55. The molecule has 2 aromatic rings. The van der Waals surface area contributed by atoms with Gasteiger partial charge in [-0.25, -0.2) is 5.43 Å². The minimum absolute atomic E-state index is 0.0484. The number of methoxy groups -OCH3 is 1. The Balaban J connectivity index is 1.73. The first-order valence-corrected chi connectivity index (χ1v) is 9.11. The Morgan fingerprint density at radius 3 is 2.10 bits per heavy atom. The normalized spacial score (nSPS) is 10.8. The molecular weight excluding hydrogens is 374 g/mol. The highest BCUT2D eigenvalue weighted by atomic mass is 16.5. The molecule has 0 fully saturated rings. The van der Waals surface area contributed by atoms with Gasteiger partial charge < -0.3 is 19.5 Å². The molecule has 0 atom stereocenters. The van der Waals surface area contributed by atoms with E-state index in [9.17, 15) is 9.59 Å². The average Bonchev–Trinajstić information content (AvgIpc) is 2.72. The number of rotatable bonds is 10. The van der Waals surface area contributed by atoms with Gasteiger partial charge in [-0.3, -0.25) is 9.59 Å². The minimum atomic E-state index is -0.424. The fourth-order valence-electron chi connectivity index (χ4n) is 2.29. The number of hydrogen-bond acceptors (Lipinski definition) is 6. The number of carbonyl (C=O) groups excluding carboxylic acids is 2. The van der Waals surface area contributed by atoms with E-state index in [4.69, 9.17) is 14.2 Å². The van der Waals surface area contributed by atoms with Gasteiger partial charge in [0.1, 0.15) is 17.2 Å². The topological polar surface area (TPSA) is 98.2 Å². The molecule has 0 heterocycles. The average molecular weight is 399 g/mol. The number of hydrazone groups is 1. The second-order valence-corrected chi connectivity index (χ2v) is 6.03. The van der Waals surface area contributed by atoms with Crippen molar-refractivity contribution >= 4 is 23.2 Å². The zero-order valence-corrected chi connectivity index (χ0v) is 16.7. The smallest absolute Gasteiger partial charge is 0.277 e. The van der Waals surface area contributed by atoms with Crippen molar-refractivity contribution < 1.29 is 23.8 Å². The molecule has 8 heteroatoms. The molecule has 0 aliphatic heterocycles. The van der Waals surface area contributed by atoms with Gasteiger partial charge in [0.25, 0.3) is 5.91 Å². The number of carbonyl (C=O) groups is 2. The highest BCUT2D eigenvalue weighted by molar-refractivity contribution is 6.05. The quantitative estimate of drug-likeness (QED) is 0.473. The molecule has 2 amide bonds. The van der Waals surface area contributed by atoms with Crippen LogP contribution in [0.15, 0.2) is 53.6 Å². The van der Waals surface area contributed by atoms with E-state index >= 15 is 0 Å². The third-order valence-electron chi connectivity index (χ3n) is 3.67. The molecular formula is C21H25N3O5. The van der Waals surface area contributed by atoms with Crippen LogP contribution in [0.1, 0.15) is 20.3 Å². The van der Waals surface area contributed by atoms with Crippen molar-refractivity contribution in [2.75, 3.05) is 25.6 Å². The number of ether oxygens (including phenoxy) is 3. The minimum Gasteiger partial charge on any atom is -0.497 e. The number of amides is 2. The summed E-state index contributed by atoms with van der Waals surface area (Å²) in [4.78, 5) is 23.9. The summed E-state index contributed by atoms with van der Waals surface area (Å²) in [7, 11) is 1.57. The van der Waals surface area contributed by atoms with Crippen molar-refractivity contribution in [3.63, 3.8) is 0 Å². The van der Waals surface area contributed by atoms with Crippen LogP contribution in [0.5, 0.6) is 17.2 Å². The van der Waals surface area contributed by atoms with Gasteiger partial charge in [0.2, 0.25) is 5.91 Å². The van der Waals surface area contributed by atoms with Gasteiger partial charge in [0.15, 0.2) is 6.61 Å². The molecule has 0 bridgehead atoms. The molecule has 0 saturated heterocycles. The van der Waals surface area contributed by atoms with E-state index in [1.54, 1.807) is 62.6 Å². The van der Waals surface area contributed by atoms with E-state index in [1.807, 2.05) is 6.92 Å². The zero-order valence-electron chi connectivity index (χ0n) is 16.7. The van der Waals surface area contributed by atoms with E-state index in [0.29, 0.717) is 29.5 Å². The Bertz CT molecular complexity index is 832. The number of benzene rings is 2. The highest BCUT2D eigenvalue weighted by Crippen LogP contribution is 2.17. The predicted molar refractivity (Wildman–Crippen MR) is 111 cm³/mol. The van der Waals surface area contributed by atoms with E-state index in [0.717, 1.165) is 5.75 Å². The number of hydrogen-bond donors (Lipinski definition) is 2. The lowest BCUT2D eigenvalue weighted by Gasteiger charge is -2.08. The standard InChI is InChI=1S/C21H25N3O5/c1-4-28-18-7-5-16(6-8-18)22-20(25)13-15(2)23-24-21(26)14-29-19-11-9-17(27-3)10-12-19/h5-12H,4,13-14H2,1-3H3,(H,22,25)(H,24,26)/b23-15+. The molecule has 0 aromatic heterocycles. The first-order chi connectivity index (χ1) is 14.0. The third kappa shape index (κ3) is 7.92. The SMILES string of the molecule is CCOc1ccc(NC(=O)C/C(C)=N/NC(=O)COc2ccc(OC)cc2)cc1. The van der Waals surface area contributed by atoms with Crippen LogP contribution in [0.2, 0.25) is 0 Å². The Kier molecular flexibility index (Phi) is 8.50. The van der Waals surface area contributed by atoms with E-state index in [-0.39, 0.29) is 18.9 Å². The lowest BCUT2D eigenvalue weighted by Crippen LogP contribution is -2.26. The fourth-order valence-corrected chi connectivity index (χ4v) is 2.29. The Labute approximate surface area is 169 Å². The van der Waals surface area contributed by atoms with Crippen molar-refractivity contribution in [3.8, 4) is 17.2 Å². The van der Waals surface area contributed by atoms with Crippen LogP contribution in [-0.4, -0.2) is 37.8 Å². The van der Waals surface area contributed by atoms with Gasteiger partial charge in [-0.15, -0.1) is 0 Å². The molecule has 2 N–H and O–H groups in total. The largest absolute Gasteiger partial charge is 0.497 e. The van der Waals surface area contributed by atoms with Gasteiger partial charge in [0.05, 0.1) is 20.1 Å². The van der Waals surface area contributed by atoms with Gasteiger partial charge in [0, 0.05) is 11.4 Å². The van der Waals surface area contributed by atoms with Gasteiger partial charge in [-0.05, 0) is 62.4 Å². The molecule has 2 aromatic carbocycles. The maximum Gasteiger partial charge on any atom is 0.277 e. The summed E-state index contributed by atoms with van der Waals surface area (Å²) in [5.41, 5.74) is 3.49. The molecule has 8 nitrogen and oxygen atoms in total. The number of nitrogens with one attached hydrogen (secondary N) is 2.